The maximum atomic E-state index is 13.0. The van der Waals surface area contributed by atoms with E-state index in [0.717, 1.165) is 46.5 Å². The highest BCUT2D eigenvalue weighted by molar-refractivity contribution is 6.30. The lowest BCUT2D eigenvalue weighted by atomic mass is 9.89. The zero-order valence-electron chi connectivity index (χ0n) is 23.8. The number of rotatable bonds is 5. The molecule has 0 radical (unpaired) electrons. The van der Waals surface area contributed by atoms with Crippen LogP contribution in [-0.2, 0) is 21.3 Å². The number of ether oxygens (including phenoxy) is 2. The van der Waals surface area contributed by atoms with Gasteiger partial charge in [0.2, 0.25) is 5.91 Å². The third kappa shape index (κ3) is 5.79. The highest BCUT2D eigenvalue weighted by atomic mass is 35.5. The maximum absolute atomic E-state index is 13.0. The fraction of sp³-hybridized carbons (Fsp3) is 0.419. The van der Waals surface area contributed by atoms with E-state index in [1.165, 1.54) is 6.92 Å². The molecule has 11 heteroatoms. The molecule has 2 fully saturated rings. The van der Waals surface area contributed by atoms with Gasteiger partial charge in [0.1, 0.15) is 6.10 Å². The van der Waals surface area contributed by atoms with E-state index in [1.54, 1.807) is 17.4 Å². The van der Waals surface area contributed by atoms with Crippen LogP contribution in [0.5, 0.6) is 0 Å². The number of imidazole rings is 1. The van der Waals surface area contributed by atoms with Crippen molar-refractivity contribution in [3.8, 4) is 0 Å². The van der Waals surface area contributed by atoms with E-state index in [2.05, 4.69) is 33.4 Å². The van der Waals surface area contributed by atoms with Crippen LogP contribution in [0.1, 0.15) is 59.9 Å². The summed E-state index contributed by atoms with van der Waals surface area (Å²) in [7, 11) is 1.91. The van der Waals surface area contributed by atoms with Crippen LogP contribution >= 0.6 is 11.6 Å². The van der Waals surface area contributed by atoms with E-state index in [0.29, 0.717) is 44.4 Å². The van der Waals surface area contributed by atoms with Crippen molar-refractivity contribution in [2.75, 3.05) is 39.4 Å². The summed E-state index contributed by atoms with van der Waals surface area (Å²) in [6.45, 7) is 5.17. The monoisotopic (exact) mass is 590 g/mol. The Morgan fingerprint density at radius 2 is 1.93 bits per heavy atom. The van der Waals surface area contributed by atoms with Gasteiger partial charge < -0.3 is 24.3 Å². The third-order valence-corrected chi connectivity index (χ3v) is 8.48. The number of nitrogens with zero attached hydrogens (tertiary/aromatic N) is 5. The predicted octanol–water partition coefficient (Wildman–Crippen LogP) is 4.22. The minimum absolute atomic E-state index is 0.0840. The molecule has 0 spiro atoms. The van der Waals surface area contributed by atoms with Crippen molar-refractivity contribution in [1.29, 1.82) is 0 Å². The van der Waals surface area contributed by atoms with E-state index in [-0.39, 0.29) is 24.1 Å². The second-order valence-corrected chi connectivity index (χ2v) is 11.4. The number of halogens is 1. The summed E-state index contributed by atoms with van der Waals surface area (Å²) in [6.07, 6.45) is 8.56. The zero-order chi connectivity index (χ0) is 29.2. The van der Waals surface area contributed by atoms with Crippen LogP contribution in [0.25, 0.3) is 11.6 Å². The number of hydrogen-bond acceptors (Lipinski definition) is 7. The number of fused-ring (bicyclic) bond motifs is 2. The molecule has 0 saturated carbocycles. The number of aryl methyl sites for hydroxylation is 1. The molecule has 3 aromatic rings. The Hall–Kier alpha value is -3.73. The SMILES string of the molecule is CC(=O)NC(C1=Cc2cccnc2C(N2CCN(C(=O)OC3CCOCC3)CC2)c2ccc(Cl)cc21)c1cncn1C. The lowest BCUT2D eigenvalue weighted by molar-refractivity contribution is -0.119. The van der Waals surface area contributed by atoms with Gasteiger partial charge >= 0.3 is 6.09 Å². The highest BCUT2D eigenvalue weighted by Gasteiger charge is 2.36. The maximum Gasteiger partial charge on any atom is 0.410 e. The van der Waals surface area contributed by atoms with Crippen LogP contribution in [0.2, 0.25) is 5.02 Å². The number of aromatic nitrogens is 3. The lowest BCUT2D eigenvalue weighted by Crippen LogP contribution is -2.51. The summed E-state index contributed by atoms with van der Waals surface area (Å²) in [5.41, 5.74) is 5.61. The minimum Gasteiger partial charge on any atom is -0.446 e. The fourth-order valence-electron chi connectivity index (χ4n) is 6.13. The molecular formula is C31H35ClN6O4. The number of pyridine rings is 1. The highest BCUT2D eigenvalue weighted by Crippen LogP contribution is 2.44. The second kappa shape index (κ2) is 12.2. The number of benzene rings is 1. The summed E-state index contributed by atoms with van der Waals surface area (Å²) in [6, 6.07) is 9.26. The molecule has 6 rings (SSSR count). The molecule has 2 amide bonds. The van der Waals surface area contributed by atoms with Crippen molar-refractivity contribution in [1.82, 2.24) is 29.7 Å². The quantitative estimate of drug-likeness (QED) is 0.475. The standard InChI is InChI=1S/C31H35ClN6O4/c1-20(39)35-29(27-18-33-19-36(27)2)26-16-21-4-3-9-34-28(21)30(24-6-5-22(32)17-25(24)26)37-10-12-38(13-11-37)31(40)42-23-7-14-41-15-8-23/h3-6,9,16-19,23,29-30H,7-8,10-15H2,1-2H3,(H,35,39). The van der Waals surface area contributed by atoms with Crippen LogP contribution in [-0.4, -0.2) is 81.8 Å². The average Bonchev–Trinajstić information content (AvgIpc) is 3.36. The van der Waals surface area contributed by atoms with Crippen molar-refractivity contribution >= 4 is 35.3 Å². The van der Waals surface area contributed by atoms with E-state index in [4.69, 9.17) is 26.1 Å². The number of hydrogen-bond donors (Lipinski definition) is 1. The molecule has 2 aromatic heterocycles. The van der Waals surface area contributed by atoms with Gasteiger partial charge in [0.15, 0.2) is 0 Å². The number of piperazine rings is 1. The van der Waals surface area contributed by atoms with Crippen molar-refractivity contribution in [3.05, 3.63) is 82.2 Å². The largest absolute Gasteiger partial charge is 0.446 e. The van der Waals surface area contributed by atoms with Gasteiger partial charge in [-0.25, -0.2) is 9.78 Å². The molecule has 10 nitrogen and oxygen atoms in total. The van der Waals surface area contributed by atoms with Gasteiger partial charge in [0.25, 0.3) is 0 Å². The molecule has 220 valence electrons. The molecule has 2 aliphatic heterocycles. The average molecular weight is 591 g/mol. The fourth-order valence-corrected chi connectivity index (χ4v) is 6.30. The van der Waals surface area contributed by atoms with Gasteiger partial charge in [0.05, 0.1) is 49.2 Å². The first kappa shape index (κ1) is 28.4. The first-order valence-electron chi connectivity index (χ1n) is 14.4. The molecule has 1 N–H and O–H groups in total. The molecular weight excluding hydrogens is 556 g/mol. The molecule has 1 aliphatic carbocycles. The van der Waals surface area contributed by atoms with E-state index in [9.17, 15) is 9.59 Å². The molecule has 2 saturated heterocycles. The third-order valence-electron chi connectivity index (χ3n) is 8.24. The molecule has 2 atom stereocenters. The van der Waals surface area contributed by atoms with Gasteiger partial charge in [-0.1, -0.05) is 23.7 Å². The number of amides is 2. The molecule has 42 heavy (non-hydrogen) atoms. The summed E-state index contributed by atoms with van der Waals surface area (Å²) in [5, 5.41) is 3.75. The molecule has 0 bridgehead atoms. The molecule has 1 aromatic carbocycles. The van der Waals surface area contributed by atoms with Gasteiger partial charge in [-0.05, 0) is 46.5 Å². The lowest BCUT2D eigenvalue weighted by Gasteiger charge is -2.40. The summed E-state index contributed by atoms with van der Waals surface area (Å²) in [4.78, 5) is 38.8. The van der Waals surface area contributed by atoms with Gasteiger partial charge in [0, 0.05) is 64.2 Å². The Balaban J connectivity index is 1.35. The topological polar surface area (TPSA) is 102 Å². The summed E-state index contributed by atoms with van der Waals surface area (Å²) >= 11 is 6.61. The van der Waals surface area contributed by atoms with Crippen molar-refractivity contribution in [2.45, 2.75) is 38.0 Å². The molecule has 3 aliphatic rings. The molecule has 2 unspecified atom stereocenters. The van der Waals surface area contributed by atoms with Crippen LogP contribution in [0.15, 0.2) is 49.1 Å². The Kier molecular flexibility index (Phi) is 8.28. The second-order valence-electron chi connectivity index (χ2n) is 11.0. The van der Waals surface area contributed by atoms with Crippen LogP contribution in [0.4, 0.5) is 4.79 Å². The zero-order valence-corrected chi connectivity index (χ0v) is 24.6. The van der Waals surface area contributed by atoms with Gasteiger partial charge in [-0.15, -0.1) is 0 Å². The Bertz CT molecular complexity index is 1490. The normalized spacial score (nSPS) is 20.1. The molecule has 4 heterocycles. The van der Waals surface area contributed by atoms with Crippen LogP contribution < -0.4 is 5.32 Å². The Morgan fingerprint density at radius 3 is 2.64 bits per heavy atom. The van der Waals surface area contributed by atoms with Crippen LogP contribution in [0.3, 0.4) is 0 Å². The first-order chi connectivity index (χ1) is 20.4. The van der Waals surface area contributed by atoms with E-state index < -0.39 is 6.04 Å². The van der Waals surface area contributed by atoms with Gasteiger partial charge in [-0.3, -0.25) is 14.7 Å². The Morgan fingerprint density at radius 1 is 1.14 bits per heavy atom. The van der Waals surface area contributed by atoms with Crippen LogP contribution in [0, 0.1) is 0 Å². The van der Waals surface area contributed by atoms with Gasteiger partial charge in [-0.2, -0.15) is 0 Å². The van der Waals surface area contributed by atoms with Crippen molar-refractivity contribution in [2.24, 2.45) is 7.05 Å². The van der Waals surface area contributed by atoms with Crippen molar-refractivity contribution in [3.63, 3.8) is 0 Å². The Labute approximate surface area is 250 Å². The predicted molar refractivity (Wildman–Crippen MR) is 159 cm³/mol. The smallest absolute Gasteiger partial charge is 0.410 e. The first-order valence-corrected chi connectivity index (χ1v) is 14.7. The summed E-state index contributed by atoms with van der Waals surface area (Å²) < 4.78 is 13.1. The number of carbonyl (C=O) groups is 2. The number of carbonyl (C=O) groups excluding carboxylic acids is 2. The van der Waals surface area contributed by atoms with Crippen molar-refractivity contribution < 1.29 is 19.1 Å². The minimum atomic E-state index is -0.462. The van der Waals surface area contributed by atoms with E-state index in [1.807, 2.05) is 36.0 Å². The number of nitrogens with one attached hydrogen (secondary N) is 1. The van der Waals surface area contributed by atoms with E-state index >= 15 is 0 Å². The summed E-state index contributed by atoms with van der Waals surface area (Å²) in [5.74, 6) is -0.151.